The summed E-state index contributed by atoms with van der Waals surface area (Å²) in [7, 11) is 0. The Balaban J connectivity index is 2.08. The van der Waals surface area contributed by atoms with Gasteiger partial charge in [0.05, 0.1) is 0 Å². The van der Waals surface area contributed by atoms with Gasteiger partial charge in [0.1, 0.15) is 6.04 Å². The number of hydrogen-bond donors (Lipinski definition) is 2. The Morgan fingerprint density at radius 3 is 2.60 bits per heavy atom. The quantitative estimate of drug-likeness (QED) is 0.549. The van der Waals surface area contributed by atoms with Gasteiger partial charge in [0, 0.05) is 6.04 Å². The molecule has 0 aromatic heterocycles. The van der Waals surface area contributed by atoms with Gasteiger partial charge < -0.3 is 10.4 Å². The highest BCUT2D eigenvalue weighted by Crippen LogP contribution is 2.34. The first-order valence-electron chi connectivity index (χ1n) is 3.76. The van der Waals surface area contributed by atoms with Crippen LogP contribution in [0.4, 0.5) is 0 Å². The highest BCUT2D eigenvalue weighted by Gasteiger charge is 2.42. The van der Waals surface area contributed by atoms with E-state index in [1.165, 1.54) is 6.42 Å². The van der Waals surface area contributed by atoms with Crippen LogP contribution in [0.3, 0.4) is 0 Å². The molecule has 0 amide bonds. The molecule has 2 N–H and O–H groups in total. The van der Waals surface area contributed by atoms with E-state index in [0.717, 1.165) is 12.8 Å². The van der Waals surface area contributed by atoms with E-state index in [9.17, 15) is 4.79 Å². The molecule has 2 rings (SSSR count). The van der Waals surface area contributed by atoms with E-state index in [1.54, 1.807) is 0 Å². The lowest BCUT2D eigenvalue weighted by Gasteiger charge is -2.18. The average Bonchev–Trinajstić information content (AvgIpc) is 2.44. The van der Waals surface area contributed by atoms with Crippen LogP contribution in [0, 0.1) is 5.92 Å². The second-order valence-corrected chi connectivity index (χ2v) is 3.25. The molecule has 3 atom stereocenters. The van der Waals surface area contributed by atoms with Crippen molar-refractivity contribution in [1.29, 1.82) is 0 Å². The molecule has 1 aliphatic heterocycles. The highest BCUT2D eigenvalue weighted by atomic mass is 16.4. The van der Waals surface area contributed by atoms with E-state index in [0.29, 0.717) is 12.0 Å². The number of nitrogens with one attached hydrogen (secondary N) is 1. The fraction of sp³-hybridized carbons (Fsp3) is 0.857. The van der Waals surface area contributed by atoms with Gasteiger partial charge in [-0.2, -0.15) is 0 Å². The molecule has 2 bridgehead atoms. The second kappa shape index (κ2) is 1.95. The summed E-state index contributed by atoms with van der Waals surface area (Å²) in [5.41, 5.74) is 0. The summed E-state index contributed by atoms with van der Waals surface area (Å²) in [6.45, 7) is 0. The Bertz CT molecular complexity index is 169. The van der Waals surface area contributed by atoms with E-state index in [2.05, 4.69) is 5.32 Å². The van der Waals surface area contributed by atoms with Crippen molar-refractivity contribution >= 4 is 5.97 Å². The Morgan fingerprint density at radius 2 is 2.30 bits per heavy atom. The third kappa shape index (κ3) is 0.736. The maximum Gasteiger partial charge on any atom is 0.320 e. The minimum Gasteiger partial charge on any atom is -0.480 e. The van der Waals surface area contributed by atoms with Crippen molar-refractivity contribution in [2.45, 2.75) is 31.3 Å². The molecule has 0 spiro atoms. The maximum atomic E-state index is 10.5. The number of carboxylic acids is 1. The van der Waals surface area contributed by atoms with E-state index < -0.39 is 5.97 Å². The Labute approximate surface area is 59.4 Å². The molecule has 3 heteroatoms. The van der Waals surface area contributed by atoms with E-state index in [1.807, 2.05) is 0 Å². The number of hydrogen-bond acceptors (Lipinski definition) is 2. The summed E-state index contributed by atoms with van der Waals surface area (Å²) in [6, 6.07) is 0.268. The molecule has 2 fully saturated rings. The van der Waals surface area contributed by atoms with Gasteiger partial charge in [0.2, 0.25) is 0 Å². The SMILES string of the molecule is O=C(O)[C@H]1N[C@@H]2CC[C@H]1C2. The number of piperidine rings is 1. The summed E-state index contributed by atoms with van der Waals surface area (Å²) < 4.78 is 0. The Kier molecular flexibility index (Phi) is 1.20. The van der Waals surface area contributed by atoms with Gasteiger partial charge in [0.15, 0.2) is 0 Å². The summed E-state index contributed by atoms with van der Waals surface area (Å²) in [5.74, 6) is -0.255. The predicted molar refractivity (Wildman–Crippen MR) is 35.7 cm³/mol. The van der Waals surface area contributed by atoms with Crippen molar-refractivity contribution in [3.63, 3.8) is 0 Å². The van der Waals surface area contributed by atoms with Crippen LogP contribution in [-0.2, 0) is 4.79 Å². The number of carboxylic acid groups (broad SMARTS) is 1. The summed E-state index contributed by atoms with van der Waals surface area (Å²) >= 11 is 0. The van der Waals surface area contributed by atoms with Crippen LogP contribution in [0.2, 0.25) is 0 Å². The first kappa shape index (κ1) is 6.16. The minimum absolute atomic E-state index is 0.237. The van der Waals surface area contributed by atoms with E-state index >= 15 is 0 Å². The second-order valence-electron chi connectivity index (χ2n) is 3.25. The lowest BCUT2D eigenvalue weighted by molar-refractivity contribution is -0.140. The zero-order valence-corrected chi connectivity index (χ0v) is 5.71. The minimum atomic E-state index is -0.674. The number of rotatable bonds is 1. The molecule has 0 radical (unpaired) electrons. The highest BCUT2D eigenvalue weighted by molar-refractivity contribution is 5.74. The van der Waals surface area contributed by atoms with Crippen molar-refractivity contribution in [3.05, 3.63) is 0 Å². The zero-order valence-electron chi connectivity index (χ0n) is 5.71. The van der Waals surface area contributed by atoms with Crippen LogP contribution in [-0.4, -0.2) is 23.2 Å². The van der Waals surface area contributed by atoms with Gasteiger partial charge in [-0.25, -0.2) is 0 Å². The largest absolute Gasteiger partial charge is 0.480 e. The van der Waals surface area contributed by atoms with Gasteiger partial charge in [-0.3, -0.25) is 4.79 Å². The third-order valence-corrected chi connectivity index (χ3v) is 2.63. The number of aliphatic carboxylic acids is 1. The molecule has 1 saturated carbocycles. The third-order valence-electron chi connectivity index (χ3n) is 2.63. The molecule has 0 aromatic rings. The van der Waals surface area contributed by atoms with Gasteiger partial charge in [-0.15, -0.1) is 0 Å². The number of carbonyl (C=O) groups is 1. The van der Waals surface area contributed by atoms with Crippen LogP contribution < -0.4 is 5.32 Å². The number of fused-ring (bicyclic) bond motifs is 2. The fourth-order valence-electron chi connectivity index (χ4n) is 2.13. The molecule has 1 heterocycles. The molecule has 10 heavy (non-hydrogen) atoms. The predicted octanol–water partition coefficient (Wildman–Crippen LogP) is 0.211. The summed E-state index contributed by atoms with van der Waals surface area (Å²) in [6.07, 6.45) is 3.36. The van der Waals surface area contributed by atoms with Crippen molar-refractivity contribution in [2.75, 3.05) is 0 Å². The Morgan fingerprint density at radius 1 is 1.50 bits per heavy atom. The summed E-state index contributed by atoms with van der Waals surface area (Å²) in [4.78, 5) is 10.5. The van der Waals surface area contributed by atoms with Gasteiger partial charge >= 0.3 is 5.97 Å². The van der Waals surface area contributed by atoms with Gasteiger partial charge in [-0.05, 0) is 25.2 Å². The molecular weight excluding hydrogens is 130 g/mol. The average molecular weight is 141 g/mol. The lowest BCUT2D eigenvalue weighted by atomic mass is 10.0. The monoisotopic (exact) mass is 141 g/mol. The summed E-state index contributed by atoms with van der Waals surface area (Å²) in [5, 5.41) is 11.8. The van der Waals surface area contributed by atoms with Gasteiger partial charge in [-0.1, -0.05) is 0 Å². The van der Waals surface area contributed by atoms with Crippen molar-refractivity contribution in [3.8, 4) is 0 Å². The molecule has 1 saturated heterocycles. The van der Waals surface area contributed by atoms with Crippen molar-refractivity contribution in [1.82, 2.24) is 5.32 Å². The first-order valence-corrected chi connectivity index (χ1v) is 3.76. The molecular formula is C7H11NO2. The molecule has 1 aliphatic carbocycles. The maximum absolute atomic E-state index is 10.5. The first-order chi connectivity index (χ1) is 4.77. The molecule has 56 valence electrons. The zero-order chi connectivity index (χ0) is 7.14. The van der Waals surface area contributed by atoms with E-state index in [-0.39, 0.29) is 6.04 Å². The van der Waals surface area contributed by atoms with Crippen LogP contribution in [0.25, 0.3) is 0 Å². The van der Waals surface area contributed by atoms with Crippen molar-refractivity contribution < 1.29 is 9.90 Å². The van der Waals surface area contributed by atoms with E-state index in [4.69, 9.17) is 5.11 Å². The van der Waals surface area contributed by atoms with Crippen LogP contribution >= 0.6 is 0 Å². The van der Waals surface area contributed by atoms with Crippen LogP contribution in [0.5, 0.6) is 0 Å². The Hall–Kier alpha value is -0.570. The molecule has 0 aromatic carbocycles. The standard InChI is InChI=1S/C7H11NO2/c9-7(10)6-4-1-2-5(3-4)8-6/h4-6,8H,1-3H2,(H,9,10)/t4-,5+,6-/m0/s1. The molecule has 0 unspecified atom stereocenters. The normalized spacial score (nSPS) is 44.2. The smallest absolute Gasteiger partial charge is 0.320 e. The topological polar surface area (TPSA) is 49.3 Å². The molecule has 3 nitrogen and oxygen atoms in total. The lowest BCUT2D eigenvalue weighted by Crippen LogP contribution is -2.41. The molecule has 2 aliphatic rings. The van der Waals surface area contributed by atoms with Crippen LogP contribution in [0.15, 0.2) is 0 Å². The van der Waals surface area contributed by atoms with Crippen molar-refractivity contribution in [2.24, 2.45) is 5.92 Å². The fourth-order valence-corrected chi connectivity index (χ4v) is 2.13. The van der Waals surface area contributed by atoms with Crippen LogP contribution in [0.1, 0.15) is 19.3 Å². The van der Waals surface area contributed by atoms with Gasteiger partial charge in [0.25, 0.3) is 0 Å².